The summed E-state index contributed by atoms with van der Waals surface area (Å²) in [6, 6.07) is 7.38. The second kappa shape index (κ2) is 8.03. The molecule has 0 saturated heterocycles. The molecule has 4 rings (SSSR count). The molecule has 0 aliphatic carbocycles. The molecule has 1 N–H and O–H groups in total. The van der Waals surface area contributed by atoms with Gasteiger partial charge < -0.3 is 4.52 Å². The zero-order valence-corrected chi connectivity index (χ0v) is 16.8. The predicted molar refractivity (Wildman–Crippen MR) is 108 cm³/mol. The first-order valence-corrected chi connectivity index (χ1v) is 10.2. The minimum Gasteiger partial charge on any atom is -0.315 e. The molecule has 0 atom stereocenters. The summed E-state index contributed by atoms with van der Waals surface area (Å²) in [6.45, 7) is 4.29. The number of aryl methyl sites for hydroxylation is 2. The Morgan fingerprint density at radius 1 is 1.28 bits per heavy atom. The lowest BCUT2D eigenvalue weighted by Gasteiger charge is -2.10. The number of rotatable bonds is 7. The van der Waals surface area contributed by atoms with Crippen LogP contribution < -0.4 is 10.9 Å². The molecule has 10 nitrogen and oxygen atoms in total. The number of para-hydroxylation sites is 1. The maximum absolute atomic E-state index is 12.9. The van der Waals surface area contributed by atoms with Gasteiger partial charge in [-0.05, 0) is 25.5 Å². The van der Waals surface area contributed by atoms with Crippen molar-refractivity contribution in [1.29, 1.82) is 0 Å². The van der Waals surface area contributed by atoms with Crippen molar-refractivity contribution in [1.82, 2.24) is 29.3 Å². The number of carbonyl (C=O) groups excluding carboxylic acids is 1. The highest BCUT2D eigenvalue weighted by Gasteiger charge is 2.18. The van der Waals surface area contributed by atoms with Crippen molar-refractivity contribution >= 4 is 40.4 Å². The lowest BCUT2D eigenvalue weighted by Crippen LogP contribution is -2.23. The zero-order chi connectivity index (χ0) is 20.4. The van der Waals surface area contributed by atoms with E-state index in [1.807, 2.05) is 22.6 Å². The van der Waals surface area contributed by atoms with E-state index >= 15 is 0 Å². The van der Waals surface area contributed by atoms with Gasteiger partial charge in [-0.15, -0.1) is 10.2 Å². The lowest BCUT2D eigenvalue weighted by atomic mass is 10.2. The van der Waals surface area contributed by atoms with Gasteiger partial charge in [-0.25, -0.2) is 0 Å². The number of unbranched alkanes of at least 4 members (excludes halogenated alkanes) is 1. The first-order chi connectivity index (χ1) is 14.1. The fourth-order valence-electron chi connectivity index (χ4n) is 2.98. The molecule has 0 saturated carbocycles. The van der Waals surface area contributed by atoms with Crippen molar-refractivity contribution in [2.24, 2.45) is 0 Å². The minimum atomic E-state index is -0.306. The second-order valence-electron chi connectivity index (χ2n) is 6.43. The second-order valence-corrected chi connectivity index (χ2v) is 7.37. The fraction of sp³-hybridized carbons (Fsp3) is 0.333. The van der Waals surface area contributed by atoms with Crippen LogP contribution in [0.15, 0.2) is 38.7 Å². The van der Waals surface area contributed by atoms with Crippen molar-refractivity contribution in [2.75, 3.05) is 11.1 Å². The highest BCUT2D eigenvalue weighted by molar-refractivity contribution is 7.99. The van der Waals surface area contributed by atoms with Gasteiger partial charge in [0, 0.05) is 6.54 Å². The summed E-state index contributed by atoms with van der Waals surface area (Å²) in [4.78, 5) is 29.1. The maximum Gasteiger partial charge on any atom is 0.328 e. The summed E-state index contributed by atoms with van der Waals surface area (Å²) in [5, 5.41) is 15.7. The van der Waals surface area contributed by atoms with Crippen LogP contribution in [0.3, 0.4) is 0 Å². The monoisotopic (exact) mass is 413 g/mol. The van der Waals surface area contributed by atoms with Gasteiger partial charge in [0.2, 0.25) is 11.7 Å². The van der Waals surface area contributed by atoms with Crippen molar-refractivity contribution in [3.63, 3.8) is 0 Å². The van der Waals surface area contributed by atoms with E-state index < -0.39 is 0 Å². The number of amides is 1. The lowest BCUT2D eigenvalue weighted by molar-refractivity contribution is -0.114. The van der Waals surface area contributed by atoms with E-state index in [4.69, 9.17) is 4.52 Å². The molecule has 11 heteroatoms. The molecule has 3 heterocycles. The average molecular weight is 413 g/mol. The van der Waals surface area contributed by atoms with E-state index in [1.165, 1.54) is 11.8 Å². The first kappa shape index (κ1) is 19.1. The molecule has 0 fully saturated rings. The number of nitrogens with zero attached hydrogens (tertiary/aromatic N) is 6. The van der Waals surface area contributed by atoms with E-state index in [9.17, 15) is 9.59 Å². The Hall–Kier alpha value is -3.21. The Morgan fingerprint density at radius 2 is 2.10 bits per heavy atom. The van der Waals surface area contributed by atoms with Gasteiger partial charge in [0.1, 0.15) is 0 Å². The molecule has 0 spiro atoms. The minimum absolute atomic E-state index is 0.0538. The van der Waals surface area contributed by atoms with Gasteiger partial charge >= 0.3 is 6.01 Å². The van der Waals surface area contributed by atoms with Gasteiger partial charge in [0.25, 0.3) is 5.56 Å². The van der Waals surface area contributed by atoms with Crippen LogP contribution >= 0.6 is 11.8 Å². The van der Waals surface area contributed by atoms with Crippen LogP contribution in [-0.2, 0) is 11.3 Å². The normalized spacial score (nSPS) is 11.4. The van der Waals surface area contributed by atoms with Crippen LogP contribution in [0.4, 0.5) is 6.01 Å². The Morgan fingerprint density at radius 3 is 2.86 bits per heavy atom. The van der Waals surface area contributed by atoms with Crippen LogP contribution in [-0.4, -0.2) is 41.0 Å². The number of fused-ring (bicyclic) bond motifs is 3. The molecule has 1 aromatic carbocycles. The van der Waals surface area contributed by atoms with Crippen molar-refractivity contribution in [2.45, 2.75) is 38.4 Å². The molecule has 1 amide bonds. The molecule has 0 radical (unpaired) electrons. The van der Waals surface area contributed by atoms with Crippen LogP contribution in [0.1, 0.15) is 25.6 Å². The number of thioether (sulfide) groups is 1. The van der Waals surface area contributed by atoms with E-state index in [1.54, 1.807) is 17.6 Å². The topological polar surface area (TPSA) is 120 Å². The van der Waals surface area contributed by atoms with Gasteiger partial charge in [-0.3, -0.25) is 23.9 Å². The number of anilines is 1. The van der Waals surface area contributed by atoms with E-state index in [0.29, 0.717) is 34.2 Å². The number of aromatic nitrogens is 6. The standard InChI is InChI=1S/C18H19N7O3S/c1-3-4-9-24-15(27)12-7-5-6-8-13(12)25-17(24)21-22-18(25)29-10-14(26)20-16-19-11(2)23-28-16/h5-8H,3-4,9-10H2,1-2H3,(H,19,20,23,26). The van der Waals surface area contributed by atoms with E-state index in [0.717, 1.165) is 12.8 Å². The Balaban J connectivity index is 1.67. The molecule has 4 aromatic rings. The summed E-state index contributed by atoms with van der Waals surface area (Å²) in [7, 11) is 0. The number of hydrogen-bond donors (Lipinski definition) is 1. The largest absolute Gasteiger partial charge is 0.328 e. The molecule has 150 valence electrons. The van der Waals surface area contributed by atoms with Gasteiger partial charge in [-0.1, -0.05) is 42.4 Å². The number of carbonyl (C=O) groups is 1. The van der Waals surface area contributed by atoms with Crippen LogP contribution in [0.2, 0.25) is 0 Å². The third-order valence-corrected chi connectivity index (χ3v) is 5.25. The summed E-state index contributed by atoms with van der Waals surface area (Å²) < 4.78 is 8.36. The third-order valence-electron chi connectivity index (χ3n) is 4.32. The smallest absolute Gasteiger partial charge is 0.315 e. The first-order valence-electron chi connectivity index (χ1n) is 9.18. The summed E-state index contributed by atoms with van der Waals surface area (Å²) in [6.07, 6.45) is 1.81. The third kappa shape index (κ3) is 3.73. The Bertz CT molecular complexity index is 1240. The van der Waals surface area contributed by atoms with Gasteiger partial charge in [-0.2, -0.15) is 4.98 Å². The molecule has 29 heavy (non-hydrogen) atoms. The highest BCUT2D eigenvalue weighted by atomic mass is 32.2. The quantitative estimate of drug-likeness (QED) is 0.458. The fourth-order valence-corrected chi connectivity index (χ4v) is 3.72. The number of benzene rings is 1. The maximum atomic E-state index is 12.9. The van der Waals surface area contributed by atoms with E-state index in [-0.39, 0.29) is 23.2 Å². The van der Waals surface area contributed by atoms with E-state index in [2.05, 4.69) is 32.6 Å². The highest BCUT2D eigenvalue weighted by Crippen LogP contribution is 2.22. The molecule has 0 bridgehead atoms. The summed E-state index contributed by atoms with van der Waals surface area (Å²) >= 11 is 1.22. The van der Waals surface area contributed by atoms with Gasteiger partial charge in [0.15, 0.2) is 11.0 Å². The number of nitrogens with one attached hydrogen (secondary N) is 1. The summed E-state index contributed by atoms with van der Waals surface area (Å²) in [5.74, 6) is 0.675. The van der Waals surface area contributed by atoms with Crippen LogP contribution in [0.25, 0.3) is 16.7 Å². The summed E-state index contributed by atoms with van der Waals surface area (Å²) in [5.41, 5.74) is 0.621. The SMILES string of the molecule is CCCCn1c(=O)c2ccccc2n2c(SCC(=O)Nc3nc(C)no3)nnc12. The van der Waals surface area contributed by atoms with Gasteiger partial charge in [0.05, 0.1) is 16.7 Å². The molecular formula is C18H19N7O3S. The predicted octanol–water partition coefficient (Wildman–Crippen LogP) is 2.27. The van der Waals surface area contributed by atoms with Crippen molar-refractivity contribution in [3.05, 3.63) is 40.4 Å². The number of hydrogen-bond acceptors (Lipinski definition) is 8. The van der Waals surface area contributed by atoms with Crippen LogP contribution in [0.5, 0.6) is 0 Å². The average Bonchev–Trinajstić information content (AvgIpc) is 3.32. The van der Waals surface area contributed by atoms with Crippen molar-refractivity contribution < 1.29 is 9.32 Å². The zero-order valence-electron chi connectivity index (χ0n) is 16.0. The van der Waals surface area contributed by atoms with Crippen LogP contribution in [0, 0.1) is 6.92 Å². The molecule has 0 unspecified atom stereocenters. The Labute approximate surface area is 169 Å². The molecule has 0 aliphatic rings. The van der Waals surface area contributed by atoms with Crippen molar-refractivity contribution in [3.8, 4) is 0 Å². The molecule has 0 aliphatic heterocycles. The molecular weight excluding hydrogens is 394 g/mol. The Kier molecular flexibility index (Phi) is 5.30. The molecule has 3 aromatic heterocycles.